The lowest BCUT2D eigenvalue weighted by Crippen LogP contribution is -2.65. The Morgan fingerprint density at radius 2 is 1.71 bits per heavy atom. The molecule has 0 aromatic heterocycles. The molecule has 5 rings (SSSR count). The molecule has 5 aliphatic rings. The van der Waals surface area contributed by atoms with Crippen LogP contribution in [0.5, 0.6) is 0 Å². The van der Waals surface area contributed by atoms with Gasteiger partial charge in [0.1, 0.15) is 0 Å². The van der Waals surface area contributed by atoms with Crippen LogP contribution in [0.1, 0.15) is 93.4 Å². The topological polar surface area (TPSA) is 43.4 Å². The van der Waals surface area contributed by atoms with Gasteiger partial charge in [0.25, 0.3) is 0 Å². The second kappa shape index (κ2) is 7.32. The Hall–Kier alpha value is -1.38. The van der Waals surface area contributed by atoms with Gasteiger partial charge < -0.3 is 4.74 Å². The molecule has 0 saturated heterocycles. The van der Waals surface area contributed by atoms with Crippen LogP contribution in [0.3, 0.4) is 0 Å². The molecule has 0 heterocycles. The summed E-state index contributed by atoms with van der Waals surface area (Å²) in [5, 5.41) is 0. The minimum Gasteiger partial charge on any atom is -0.468 e. The third-order valence-electron chi connectivity index (χ3n) is 12.8. The van der Waals surface area contributed by atoms with Gasteiger partial charge in [0, 0.05) is 5.92 Å². The van der Waals surface area contributed by atoms with Gasteiger partial charge in [-0.2, -0.15) is 0 Å². The number of esters is 1. The van der Waals surface area contributed by atoms with Gasteiger partial charge in [-0.3, -0.25) is 9.59 Å². The number of hydrogen-bond donors (Lipinski definition) is 0. The highest BCUT2D eigenvalue weighted by Gasteiger charge is 2.70. The average molecular weight is 467 g/mol. The highest BCUT2D eigenvalue weighted by Crippen LogP contribution is 2.74. The van der Waals surface area contributed by atoms with Crippen molar-refractivity contribution in [2.45, 2.75) is 93.4 Å². The van der Waals surface area contributed by atoms with E-state index in [2.05, 4.69) is 59.8 Å². The number of ketones is 1. The zero-order valence-corrected chi connectivity index (χ0v) is 22.8. The lowest BCUT2D eigenvalue weighted by atomic mass is 9.34. The maximum atomic E-state index is 14.3. The summed E-state index contributed by atoms with van der Waals surface area (Å²) < 4.78 is 5.29. The molecule has 3 saturated carbocycles. The quantitative estimate of drug-likeness (QED) is 0.304. The summed E-state index contributed by atoms with van der Waals surface area (Å²) in [4.78, 5) is 27.3. The van der Waals surface area contributed by atoms with Gasteiger partial charge in [-0.15, -0.1) is 0 Å². The van der Waals surface area contributed by atoms with E-state index < -0.39 is 5.41 Å². The second-order valence-corrected chi connectivity index (χ2v) is 14.2. The van der Waals surface area contributed by atoms with E-state index in [0.717, 1.165) is 19.3 Å². The molecule has 34 heavy (non-hydrogen) atoms. The van der Waals surface area contributed by atoms with Crippen LogP contribution in [0, 0.1) is 56.7 Å². The van der Waals surface area contributed by atoms with E-state index >= 15 is 0 Å². The summed E-state index contributed by atoms with van der Waals surface area (Å²) in [7, 11) is 1.49. The Kier molecular flexibility index (Phi) is 5.24. The monoisotopic (exact) mass is 466 g/mol. The summed E-state index contributed by atoms with van der Waals surface area (Å²) in [6.45, 7) is 16.7. The lowest BCUT2D eigenvalue weighted by Gasteiger charge is -2.69. The SMILES string of the molecule is COC(=O)[C@@]1(C)C=CC[C@@]2(C)[C@H]1CC[C@]1(C)[C@@H]2C(=O)C=C2[C@@H]3[C@@H](C)[C@H](C)CC[C@]3(C)CC[C@]21C. The Labute approximate surface area is 207 Å². The van der Waals surface area contributed by atoms with E-state index in [9.17, 15) is 9.59 Å². The Morgan fingerprint density at radius 3 is 2.38 bits per heavy atom. The van der Waals surface area contributed by atoms with Crippen LogP contribution in [-0.2, 0) is 14.3 Å². The van der Waals surface area contributed by atoms with Crippen LogP contribution in [0.2, 0.25) is 0 Å². The van der Waals surface area contributed by atoms with Crippen molar-refractivity contribution in [1.29, 1.82) is 0 Å². The zero-order valence-electron chi connectivity index (χ0n) is 22.8. The highest BCUT2D eigenvalue weighted by molar-refractivity contribution is 5.96. The fraction of sp³-hybridized carbons (Fsp3) is 0.806. The molecular formula is C31H46O3. The van der Waals surface area contributed by atoms with Gasteiger partial charge in [0.15, 0.2) is 5.78 Å². The molecule has 5 aliphatic carbocycles. The second-order valence-electron chi connectivity index (χ2n) is 14.2. The number of allylic oxidation sites excluding steroid dienone is 3. The van der Waals surface area contributed by atoms with Gasteiger partial charge in [0.2, 0.25) is 0 Å². The van der Waals surface area contributed by atoms with Crippen molar-refractivity contribution in [1.82, 2.24) is 0 Å². The third-order valence-corrected chi connectivity index (χ3v) is 12.8. The van der Waals surface area contributed by atoms with Gasteiger partial charge in [0.05, 0.1) is 12.5 Å². The third kappa shape index (κ3) is 2.76. The van der Waals surface area contributed by atoms with Crippen LogP contribution >= 0.6 is 0 Å². The molecule has 0 aromatic carbocycles. The molecule has 0 amide bonds. The molecule has 0 radical (unpaired) electrons. The minimum absolute atomic E-state index is 0.0396. The fourth-order valence-electron chi connectivity index (χ4n) is 10.4. The zero-order chi connectivity index (χ0) is 24.9. The van der Waals surface area contributed by atoms with Gasteiger partial charge >= 0.3 is 5.97 Å². The molecule has 0 N–H and O–H groups in total. The first-order valence-electron chi connectivity index (χ1n) is 13.8. The van der Waals surface area contributed by atoms with Crippen LogP contribution in [0.15, 0.2) is 23.8 Å². The van der Waals surface area contributed by atoms with E-state index in [1.807, 2.05) is 6.92 Å². The number of fused-ring (bicyclic) bond motifs is 7. The van der Waals surface area contributed by atoms with Gasteiger partial charge in [-0.25, -0.2) is 0 Å². The molecule has 0 aromatic rings. The van der Waals surface area contributed by atoms with Gasteiger partial charge in [-0.05, 0) is 103 Å². The molecule has 3 heteroatoms. The van der Waals surface area contributed by atoms with E-state index in [1.165, 1.54) is 38.4 Å². The maximum absolute atomic E-state index is 14.3. The van der Waals surface area contributed by atoms with Crippen molar-refractivity contribution in [3.05, 3.63) is 23.8 Å². The first-order chi connectivity index (χ1) is 15.8. The molecule has 0 unspecified atom stereocenters. The molecule has 3 nitrogen and oxygen atoms in total. The Bertz CT molecular complexity index is 977. The first kappa shape index (κ1) is 24.3. The van der Waals surface area contributed by atoms with Crippen molar-refractivity contribution in [2.75, 3.05) is 7.11 Å². The average Bonchev–Trinajstić information content (AvgIpc) is 2.77. The van der Waals surface area contributed by atoms with Crippen molar-refractivity contribution in [3.8, 4) is 0 Å². The lowest BCUT2D eigenvalue weighted by molar-refractivity contribution is -0.184. The Morgan fingerprint density at radius 1 is 1.00 bits per heavy atom. The summed E-state index contributed by atoms with van der Waals surface area (Å²) in [6, 6.07) is 0. The number of carbonyl (C=O) groups excluding carboxylic acids is 2. The fourth-order valence-corrected chi connectivity index (χ4v) is 10.4. The van der Waals surface area contributed by atoms with Crippen LogP contribution in [0.4, 0.5) is 0 Å². The largest absolute Gasteiger partial charge is 0.468 e. The van der Waals surface area contributed by atoms with Crippen molar-refractivity contribution in [3.63, 3.8) is 0 Å². The molecule has 0 bridgehead atoms. The van der Waals surface area contributed by atoms with Crippen LogP contribution < -0.4 is 0 Å². The maximum Gasteiger partial charge on any atom is 0.315 e. The Balaban J connectivity index is 1.64. The van der Waals surface area contributed by atoms with Crippen molar-refractivity contribution in [2.24, 2.45) is 56.7 Å². The molecule has 0 spiro atoms. The van der Waals surface area contributed by atoms with E-state index in [4.69, 9.17) is 4.74 Å². The van der Waals surface area contributed by atoms with E-state index in [1.54, 1.807) is 0 Å². The number of methoxy groups -OCH3 is 1. The summed E-state index contributed by atoms with van der Waals surface area (Å²) in [6.07, 6.45) is 14.3. The summed E-state index contributed by atoms with van der Waals surface area (Å²) in [5.41, 5.74) is 0.861. The molecule has 10 atom stereocenters. The van der Waals surface area contributed by atoms with Crippen molar-refractivity contribution < 1.29 is 14.3 Å². The number of carbonyl (C=O) groups is 2. The first-order valence-corrected chi connectivity index (χ1v) is 13.8. The smallest absolute Gasteiger partial charge is 0.315 e. The van der Waals surface area contributed by atoms with E-state index in [-0.39, 0.29) is 34.1 Å². The number of ether oxygens (including phenoxy) is 1. The number of hydrogen-bond acceptors (Lipinski definition) is 3. The summed E-state index contributed by atoms with van der Waals surface area (Å²) in [5.74, 6) is 2.08. The predicted molar refractivity (Wildman–Crippen MR) is 136 cm³/mol. The van der Waals surface area contributed by atoms with E-state index in [0.29, 0.717) is 29.0 Å². The molecule has 188 valence electrons. The molecular weight excluding hydrogens is 420 g/mol. The molecule has 0 aliphatic heterocycles. The standard InChI is InChI=1S/C31H46O3/c1-19-10-14-27(3)16-17-30(6)21(24(27)20(19)2)18-22(32)25-28(4)12-9-13-29(5,26(33)34-8)23(28)11-15-31(25,30)7/h9,13,18-20,23-25H,10-12,14-17H2,1-8H3/t19-,20+,23-,24+,25-,27-,28+,29+,30-,31-/m1/s1. The minimum atomic E-state index is -0.660. The predicted octanol–water partition coefficient (Wildman–Crippen LogP) is 7.16. The normalized spacial score (nSPS) is 54.2. The summed E-state index contributed by atoms with van der Waals surface area (Å²) >= 11 is 0. The molecule has 3 fully saturated rings. The van der Waals surface area contributed by atoms with Gasteiger partial charge in [-0.1, -0.05) is 59.3 Å². The van der Waals surface area contributed by atoms with Crippen LogP contribution in [-0.4, -0.2) is 18.9 Å². The number of rotatable bonds is 1. The van der Waals surface area contributed by atoms with Crippen molar-refractivity contribution >= 4 is 11.8 Å². The highest BCUT2D eigenvalue weighted by atomic mass is 16.5. The van der Waals surface area contributed by atoms with Crippen LogP contribution in [0.25, 0.3) is 0 Å².